The van der Waals surface area contributed by atoms with Crippen molar-refractivity contribution < 1.29 is 9.53 Å². The summed E-state index contributed by atoms with van der Waals surface area (Å²) in [6, 6.07) is 10.2. The van der Waals surface area contributed by atoms with E-state index in [-0.39, 0.29) is 12.1 Å². The van der Waals surface area contributed by atoms with E-state index in [1.807, 2.05) is 18.2 Å². The molecule has 2 nitrogen and oxygen atoms in total. The predicted molar refractivity (Wildman–Crippen MR) is 63.8 cm³/mol. The van der Waals surface area contributed by atoms with Crippen LogP contribution in [0.1, 0.15) is 31.7 Å². The number of carbonyl (C=O) groups is 1. The molecule has 1 aliphatic rings. The highest BCUT2D eigenvalue weighted by Crippen LogP contribution is 2.29. The highest BCUT2D eigenvalue weighted by Gasteiger charge is 2.23. The molecule has 0 unspecified atom stereocenters. The van der Waals surface area contributed by atoms with Gasteiger partial charge in [-0.1, -0.05) is 36.4 Å². The molecule has 1 aromatic rings. The number of rotatable bonds is 2. The van der Waals surface area contributed by atoms with Crippen LogP contribution in [0, 0.1) is 0 Å². The van der Waals surface area contributed by atoms with Crippen LogP contribution in [0.2, 0.25) is 0 Å². The molecule has 1 fully saturated rings. The lowest BCUT2D eigenvalue weighted by Gasteiger charge is -2.12. The molecule has 1 aliphatic carbocycles. The first-order chi connectivity index (χ1) is 7.75. The predicted octanol–water partition coefficient (Wildman–Crippen LogP) is 3.19. The molecule has 0 aliphatic heterocycles. The van der Waals surface area contributed by atoms with Crippen molar-refractivity contribution in [2.45, 2.75) is 32.3 Å². The number of esters is 1. The van der Waals surface area contributed by atoms with Crippen LogP contribution in [0.3, 0.4) is 0 Å². The van der Waals surface area contributed by atoms with Gasteiger partial charge in [-0.25, -0.2) is 0 Å². The Labute approximate surface area is 95.9 Å². The maximum absolute atomic E-state index is 10.9. The molecule has 0 amide bonds. The Morgan fingerprint density at radius 2 is 2.12 bits per heavy atom. The topological polar surface area (TPSA) is 26.3 Å². The van der Waals surface area contributed by atoms with Crippen molar-refractivity contribution in [3.05, 3.63) is 41.5 Å². The Bertz CT molecular complexity index is 392. The maximum Gasteiger partial charge on any atom is 0.303 e. The second-order valence-electron chi connectivity index (χ2n) is 4.12. The second-order valence-corrected chi connectivity index (χ2v) is 4.12. The molecule has 0 radical (unpaired) electrons. The van der Waals surface area contributed by atoms with Crippen LogP contribution in [-0.4, -0.2) is 12.1 Å². The van der Waals surface area contributed by atoms with E-state index < -0.39 is 0 Å². The quantitative estimate of drug-likeness (QED) is 0.710. The number of ether oxygens (including phenoxy) is 1. The minimum atomic E-state index is -0.189. The average Bonchev–Trinajstić information content (AvgIpc) is 2.66. The van der Waals surface area contributed by atoms with Gasteiger partial charge in [-0.3, -0.25) is 4.79 Å². The van der Waals surface area contributed by atoms with Gasteiger partial charge in [0.05, 0.1) is 0 Å². The largest absolute Gasteiger partial charge is 0.458 e. The van der Waals surface area contributed by atoms with Gasteiger partial charge in [-0.15, -0.1) is 0 Å². The molecule has 1 aromatic carbocycles. The van der Waals surface area contributed by atoms with Crippen molar-refractivity contribution in [1.82, 2.24) is 0 Å². The summed E-state index contributed by atoms with van der Waals surface area (Å²) in [5, 5.41) is 0. The van der Waals surface area contributed by atoms with E-state index in [4.69, 9.17) is 4.74 Å². The standard InChI is InChI=1S/C14H16O2/c1-11(15)16-14-9-5-8-13(14)10-12-6-3-2-4-7-12/h2-4,6-7,10,14H,5,8-9H2,1H3/b13-10-/t14-/m1/s1. The van der Waals surface area contributed by atoms with Crippen LogP contribution in [-0.2, 0) is 9.53 Å². The summed E-state index contributed by atoms with van der Waals surface area (Å²) in [4.78, 5) is 10.9. The summed E-state index contributed by atoms with van der Waals surface area (Å²) in [6.07, 6.45) is 5.24. The van der Waals surface area contributed by atoms with E-state index >= 15 is 0 Å². The molecule has 0 spiro atoms. The van der Waals surface area contributed by atoms with E-state index in [0.717, 1.165) is 19.3 Å². The summed E-state index contributed by atoms with van der Waals surface area (Å²) in [5.41, 5.74) is 2.41. The molecule has 1 saturated carbocycles. The lowest BCUT2D eigenvalue weighted by Crippen LogP contribution is -2.13. The van der Waals surface area contributed by atoms with E-state index in [2.05, 4.69) is 18.2 Å². The third-order valence-electron chi connectivity index (χ3n) is 2.81. The van der Waals surface area contributed by atoms with Crippen LogP contribution in [0.4, 0.5) is 0 Å². The fourth-order valence-corrected chi connectivity index (χ4v) is 2.10. The van der Waals surface area contributed by atoms with Crippen molar-refractivity contribution in [3.63, 3.8) is 0 Å². The normalized spacial score (nSPS) is 22.3. The summed E-state index contributed by atoms with van der Waals surface area (Å²) in [6.45, 7) is 1.47. The number of benzene rings is 1. The van der Waals surface area contributed by atoms with Crippen molar-refractivity contribution in [2.24, 2.45) is 0 Å². The highest BCUT2D eigenvalue weighted by atomic mass is 16.5. The third-order valence-corrected chi connectivity index (χ3v) is 2.81. The average molecular weight is 216 g/mol. The highest BCUT2D eigenvalue weighted by molar-refractivity contribution is 5.67. The third kappa shape index (κ3) is 2.72. The summed E-state index contributed by atoms with van der Waals surface area (Å²) in [5.74, 6) is -0.189. The van der Waals surface area contributed by atoms with Crippen molar-refractivity contribution >= 4 is 12.0 Å². The van der Waals surface area contributed by atoms with E-state index in [1.165, 1.54) is 18.1 Å². The minimum Gasteiger partial charge on any atom is -0.458 e. The Hall–Kier alpha value is -1.57. The minimum absolute atomic E-state index is 0.00212. The first-order valence-electron chi connectivity index (χ1n) is 5.68. The van der Waals surface area contributed by atoms with Gasteiger partial charge in [0.25, 0.3) is 0 Å². The first-order valence-corrected chi connectivity index (χ1v) is 5.68. The van der Waals surface area contributed by atoms with Gasteiger partial charge in [-0.2, -0.15) is 0 Å². The smallest absolute Gasteiger partial charge is 0.303 e. The Kier molecular flexibility index (Phi) is 3.40. The molecule has 0 bridgehead atoms. The van der Waals surface area contributed by atoms with Crippen LogP contribution in [0.5, 0.6) is 0 Å². The van der Waals surface area contributed by atoms with Crippen LogP contribution in [0.25, 0.3) is 6.08 Å². The van der Waals surface area contributed by atoms with E-state index in [1.54, 1.807) is 0 Å². The molecule has 0 saturated heterocycles. The summed E-state index contributed by atoms with van der Waals surface area (Å²) in [7, 11) is 0. The molecule has 0 N–H and O–H groups in total. The van der Waals surface area contributed by atoms with Gasteiger partial charge in [0.2, 0.25) is 0 Å². The second kappa shape index (κ2) is 4.97. The van der Waals surface area contributed by atoms with Crippen molar-refractivity contribution in [1.29, 1.82) is 0 Å². The lowest BCUT2D eigenvalue weighted by atomic mass is 10.1. The van der Waals surface area contributed by atoms with Gasteiger partial charge in [0.1, 0.15) is 6.10 Å². The van der Waals surface area contributed by atoms with Crippen LogP contribution in [0.15, 0.2) is 35.9 Å². The maximum atomic E-state index is 10.9. The van der Waals surface area contributed by atoms with Gasteiger partial charge < -0.3 is 4.74 Å². The zero-order valence-corrected chi connectivity index (χ0v) is 9.48. The van der Waals surface area contributed by atoms with E-state index in [9.17, 15) is 4.79 Å². The zero-order chi connectivity index (χ0) is 11.4. The Morgan fingerprint density at radius 3 is 2.81 bits per heavy atom. The molecule has 2 rings (SSSR count). The zero-order valence-electron chi connectivity index (χ0n) is 9.48. The van der Waals surface area contributed by atoms with Gasteiger partial charge >= 0.3 is 5.97 Å². The molecule has 2 heteroatoms. The lowest BCUT2D eigenvalue weighted by molar-refractivity contribution is -0.144. The fraction of sp³-hybridized carbons (Fsp3) is 0.357. The van der Waals surface area contributed by atoms with Gasteiger partial charge in [-0.05, 0) is 30.4 Å². The molecule has 16 heavy (non-hydrogen) atoms. The monoisotopic (exact) mass is 216 g/mol. The van der Waals surface area contributed by atoms with E-state index in [0.29, 0.717) is 0 Å². The molecule has 84 valence electrons. The first kappa shape index (κ1) is 10.9. The summed E-state index contributed by atoms with van der Waals surface area (Å²) < 4.78 is 5.29. The van der Waals surface area contributed by atoms with Crippen LogP contribution < -0.4 is 0 Å². The molecule has 1 atom stereocenters. The molecule has 0 heterocycles. The molecular formula is C14H16O2. The Morgan fingerprint density at radius 1 is 1.38 bits per heavy atom. The van der Waals surface area contributed by atoms with Crippen molar-refractivity contribution in [2.75, 3.05) is 0 Å². The number of hydrogen-bond donors (Lipinski definition) is 0. The molecular weight excluding hydrogens is 200 g/mol. The number of carbonyl (C=O) groups excluding carboxylic acids is 1. The number of hydrogen-bond acceptors (Lipinski definition) is 2. The van der Waals surface area contributed by atoms with Crippen molar-refractivity contribution in [3.8, 4) is 0 Å². The molecule has 0 aromatic heterocycles. The SMILES string of the molecule is CC(=O)O[C@@H]1CCC/C1=C/c1ccccc1. The van der Waals surface area contributed by atoms with Gasteiger partial charge in [0.15, 0.2) is 0 Å². The van der Waals surface area contributed by atoms with Crippen LogP contribution >= 0.6 is 0 Å². The summed E-state index contributed by atoms with van der Waals surface area (Å²) >= 11 is 0. The van der Waals surface area contributed by atoms with Gasteiger partial charge in [0, 0.05) is 6.92 Å². The Balaban J connectivity index is 2.13. The fourth-order valence-electron chi connectivity index (χ4n) is 2.10.